The Balaban J connectivity index is -0.000000408. The van der Waals surface area contributed by atoms with Crippen molar-refractivity contribution in [3.63, 3.8) is 0 Å². The van der Waals surface area contributed by atoms with E-state index in [1.165, 1.54) is 41.8 Å². The third-order valence-electron chi connectivity index (χ3n) is 23.0. The average molecular weight is 2040 g/mol. The van der Waals surface area contributed by atoms with Gasteiger partial charge in [0.15, 0.2) is 0 Å². The van der Waals surface area contributed by atoms with E-state index in [0.717, 1.165) is 192 Å². The molecule has 141 heavy (non-hydrogen) atoms. The van der Waals surface area contributed by atoms with Gasteiger partial charge in [-0.3, -0.25) is 28.8 Å². The predicted molar refractivity (Wildman–Crippen MR) is 559 cm³/mol. The Morgan fingerprint density at radius 1 is 0.447 bits per heavy atom. The monoisotopic (exact) mass is 2040 g/mol. The first-order valence-corrected chi connectivity index (χ1v) is 48.7. The van der Waals surface area contributed by atoms with Crippen LogP contribution >= 0.6 is 15.9 Å². The number of methoxy groups -OCH3 is 4. The van der Waals surface area contributed by atoms with Gasteiger partial charge in [0.2, 0.25) is 17.8 Å². The number of ether oxygens (including phenoxy) is 6. The summed E-state index contributed by atoms with van der Waals surface area (Å²) in [5.74, 6) is -4.08. The number of amides is 2. The molecule has 0 unspecified atom stereocenters. The molecule has 4 aromatic rings. The number of aliphatic carboxylic acids is 1. The molecule has 3 radical (unpaired) electrons. The number of hydrogen-bond acceptors (Lipinski definition) is 22. The minimum absolute atomic E-state index is 0. The Morgan fingerprint density at radius 3 is 1.04 bits per heavy atom. The third kappa shape index (κ3) is 62.8. The zero-order valence-corrected chi connectivity index (χ0v) is 93.6. The molecule has 6 N–H and O–H groups in total. The minimum atomic E-state index is -0.661. The molecule has 0 aromatic heterocycles. The standard InChI is InChI=1S/C34H45NO4.C32H42BrNO4.C14H26O2.C13H24O2.C7H15NO2.C5H8O.C4H6O4.C2H3BO2.Li.Na.2H2O/c1-7-9-10-11-12-19-30(34(3,4)5)32(36)35-23-29(22-31(35)33(37)38-6)39-24-26-16-14-18-28(21-26)27-17-13-15-25(8-2)20-27;1-6-7-8-9-10-17-28(32(2,3)4)30(35)34-21-27(20-29(34)31(36)37-5)38-22-23-13-11-14-24(18-23)25-15-12-16-26(33)19-25;1-6-7-8-9-10-11-12(13(15)16-5)14(2,3)4;1-5-6-7-8-9-10-11(12(14)15)13(2,3)4;1-7(2,3)5(8)6(9)10-4;1-2-3-4-5-6;1-3(5)7-8-4(2)6;1-2(4)5-3;;;;/h7-8,13-18,20-21,29-31H,1-2,9-12,19,22-24H2,3-6H3;6,11-16,18-19,27-29H,1,7-10,17,20-22H2,2-5H3;6,12H,1,7-11H2,2-5H3;5,11H,1,6-10H2,2-4H3,(H,14,15);5H,8H2,1-4H3;2,5H,1,3-4H2;1-2H3;1H3;;;2*1H2/q;;;;;;;-1;2*+1;;/p-1/t29-,30-,31+;27-,28-,29+;12-;11-;5-;;;;;;;/m11111......./s1. The van der Waals surface area contributed by atoms with E-state index in [-0.39, 0.29) is 158 Å². The van der Waals surface area contributed by atoms with E-state index < -0.39 is 42.0 Å². The van der Waals surface area contributed by atoms with Gasteiger partial charge < -0.3 is 77.5 Å². The molecule has 2 saturated heterocycles. The number of nitrogens with two attached hydrogens (primary N) is 1. The third-order valence-corrected chi connectivity index (χ3v) is 23.5. The Bertz CT molecular complexity index is 4280. The van der Waals surface area contributed by atoms with Crippen LogP contribution in [0.3, 0.4) is 0 Å². The average Bonchev–Trinajstić information content (AvgIpc) is 1.67. The molecule has 26 nitrogen and oxygen atoms in total. The SMILES string of the molecule is C=CCCC=O.C=CCCCCC[C@H](C(=O)N1C[C@H](OCc2cccc(-c3cccc(Br)c3)c2)C[C@H]1C(=O)OC)C(C)(C)C.C=CCCCCC[C@H](C(=O)N1C[C@H](OCc2cccc(-c3cccc(C=C)c3)c2)C[C@H]1C(=O)OC)C(C)(C)C.C=CCCCCC[C@H](C(=O)O)C(C)(C)C.C=CCCCCC[C@H](C(=O)OC)C(C)(C)C.CC(=O)OOC(C)=O.COC(=O)[C@@H](N)C(C)(C)C.O.[B-]OC(C)=O.[Li+].[Na+].[OH-]. The van der Waals surface area contributed by atoms with Crippen molar-refractivity contribution in [2.45, 2.75) is 322 Å². The van der Waals surface area contributed by atoms with Crippen molar-refractivity contribution in [3.8, 4) is 22.3 Å². The first kappa shape index (κ1) is 143. The summed E-state index contributed by atoms with van der Waals surface area (Å²) in [7, 11) is 9.90. The van der Waals surface area contributed by atoms with Crippen LogP contribution in [0, 0.1) is 50.7 Å². The number of halogens is 1. The van der Waals surface area contributed by atoms with Crippen molar-refractivity contribution < 1.29 is 160 Å². The fourth-order valence-corrected chi connectivity index (χ4v) is 15.3. The summed E-state index contributed by atoms with van der Waals surface area (Å²) in [6.07, 6.45) is 34.4. The van der Waals surface area contributed by atoms with E-state index in [0.29, 0.717) is 45.6 Å². The van der Waals surface area contributed by atoms with E-state index in [1.54, 1.807) is 15.9 Å². The second-order valence-corrected chi connectivity index (χ2v) is 40.5. The van der Waals surface area contributed by atoms with Crippen molar-refractivity contribution in [1.29, 1.82) is 0 Å². The van der Waals surface area contributed by atoms with Gasteiger partial charge in [0.05, 0.1) is 65.7 Å². The van der Waals surface area contributed by atoms with Gasteiger partial charge in [0.1, 0.15) is 24.4 Å². The first-order valence-electron chi connectivity index (χ1n) is 47.9. The van der Waals surface area contributed by atoms with Crippen molar-refractivity contribution in [3.05, 3.63) is 188 Å². The minimum Gasteiger partial charge on any atom is -0.870 e. The normalized spacial score (nSPS) is 14.9. The summed E-state index contributed by atoms with van der Waals surface area (Å²) in [6.45, 7) is 58.0. The molecule has 2 aliphatic heterocycles. The van der Waals surface area contributed by atoms with Crippen LogP contribution in [-0.2, 0) is 109 Å². The van der Waals surface area contributed by atoms with E-state index in [4.69, 9.17) is 34.5 Å². The number of carbonyl (C=O) groups is 11. The number of rotatable bonds is 43. The molecule has 4 aromatic carbocycles. The largest absolute Gasteiger partial charge is 1.00 e. The maximum absolute atomic E-state index is 13.9. The fourth-order valence-electron chi connectivity index (χ4n) is 14.9. The predicted octanol–water partition coefficient (Wildman–Crippen LogP) is 17.2. The van der Waals surface area contributed by atoms with Crippen LogP contribution < -0.4 is 54.2 Å². The Labute approximate surface area is 889 Å². The molecular weight excluding hydrogens is 1860 g/mol. The van der Waals surface area contributed by atoms with E-state index in [9.17, 15) is 52.7 Å². The summed E-state index contributed by atoms with van der Waals surface area (Å²) in [6, 6.07) is 31.2. The number of carboxylic acids is 1. The van der Waals surface area contributed by atoms with Crippen LogP contribution in [0.1, 0.15) is 295 Å². The van der Waals surface area contributed by atoms with E-state index >= 15 is 0 Å². The molecule has 6 rings (SSSR count). The summed E-state index contributed by atoms with van der Waals surface area (Å²) in [5.41, 5.74) is 12.4. The van der Waals surface area contributed by atoms with E-state index in [1.807, 2.05) is 120 Å². The smallest absolute Gasteiger partial charge is 0.870 e. The van der Waals surface area contributed by atoms with Crippen molar-refractivity contribution in [2.75, 3.05) is 41.5 Å². The summed E-state index contributed by atoms with van der Waals surface area (Å²) >= 11 is 3.54. The number of unbranched alkanes of at least 4 members (excludes halogenated alkanes) is 13. The zero-order chi connectivity index (χ0) is 105. The number of benzene rings is 4. The number of carbonyl (C=O) groups excluding carboxylic acids is 10. The van der Waals surface area contributed by atoms with Crippen LogP contribution in [0.4, 0.5) is 0 Å². The molecule has 781 valence electrons. The van der Waals surface area contributed by atoms with Crippen LogP contribution in [0.2, 0.25) is 0 Å². The number of aldehydes is 1. The van der Waals surface area contributed by atoms with Gasteiger partial charge >= 0.3 is 90.2 Å². The molecule has 0 spiro atoms. The maximum Gasteiger partial charge on any atom is 1.00 e. The van der Waals surface area contributed by atoms with Crippen LogP contribution in [0.15, 0.2) is 171 Å². The number of esters is 4. The van der Waals surface area contributed by atoms with Gasteiger partial charge in [-0.25, -0.2) is 29.0 Å². The summed E-state index contributed by atoms with van der Waals surface area (Å²) < 4.78 is 36.7. The number of carboxylic acid groups (broad SMARTS) is 1. The van der Waals surface area contributed by atoms with Gasteiger partial charge in [-0.15, -0.1) is 32.9 Å². The fraction of sp³-hybridized carbons (Fsp3) is 0.577. The van der Waals surface area contributed by atoms with Crippen LogP contribution in [0.5, 0.6) is 0 Å². The first-order chi connectivity index (χ1) is 64.3. The van der Waals surface area contributed by atoms with Crippen molar-refractivity contribution >= 4 is 95.9 Å². The van der Waals surface area contributed by atoms with Crippen molar-refractivity contribution in [2.24, 2.45) is 56.5 Å². The number of nitrogens with zero attached hydrogens (tertiary/aromatic N) is 2. The Hall–Kier alpha value is -8.37. The van der Waals surface area contributed by atoms with Gasteiger partial charge in [0.25, 0.3) is 0 Å². The molecule has 9 atom stereocenters. The van der Waals surface area contributed by atoms with Crippen molar-refractivity contribution in [1.82, 2.24) is 9.80 Å². The number of likely N-dealkylation sites (tertiary alicyclic amines) is 2. The summed E-state index contributed by atoms with van der Waals surface area (Å²) in [5, 5.41) is 9.10. The Kier molecular flexibility index (Phi) is 80.3. The molecule has 0 aliphatic carbocycles. The van der Waals surface area contributed by atoms with E-state index in [2.05, 4.69) is 193 Å². The molecular formula is C111H172BBrLiN3NaO23. The van der Waals surface area contributed by atoms with Crippen LogP contribution in [0.25, 0.3) is 28.3 Å². The summed E-state index contributed by atoms with van der Waals surface area (Å²) in [4.78, 5) is 136. The second-order valence-electron chi connectivity index (χ2n) is 39.5. The maximum atomic E-state index is 13.9. The molecule has 2 heterocycles. The topological polar surface area (TPSA) is 385 Å². The Morgan fingerprint density at radius 2 is 0.766 bits per heavy atom. The van der Waals surface area contributed by atoms with Gasteiger partial charge in [-0.2, -0.15) is 0 Å². The van der Waals surface area contributed by atoms with Gasteiger partial charge in [-0.1, -0.05) is 281 Å². The van der Waals surface area contributed by atoms with Crippen LogP contribution in [-0.4, -0.2) is 172 Å². The molecule has 0 saturated carbocycles. The molecule has 30 heteroatoms. The van der Waals surface area contributed by atoms with Gasteiger partial charge in [-0.05, 0) is 180 Å². The quantitative estimate of drug-likeness (QED) is 0.00607. The number of hydrogen-bond donors (Lipinski definition) is 2. The molecule has 2 amide bonds. The molecule has 0 bridgehead atoms. The number of allylic oxidation sites excluding steroid dienone is 5. The second kappa shape index (κ2) is 79.0. The zero-order valence-electron chi connectivity index (χ0n) is 90.0. The molecule has 2 fully saturated rings. The molecule has 2 aliphatic rings. The van der Waals surface area contributed by atoms with Gasteiger partial charge in [0, 0.05) is 69.4 Å².